The van der Waals surface area contributed by atoms with Crippen LogP contribution in [0.1, 0.15) is 50.0 Å². The van der Waals surface area contributed by atoms with Crippen LogP contribution in [0.5, 0.6) is 0 Å². The molecule has 0 spiro atoms. The van der Waals surface area contributed by atoms with E-state index in [9.17, 15) is 4.79 Å². The Balaban J connectivity index is 1.54. The van der Waals surface area contributed by atoms with Crippen LogP contribution in [0.15, 0.2) is 46.8 Å². The van der Waals surface area contributed by atoms with Crippen molar-refractivity contribution in [2.45, 2.75) is 51.6 Å². The topological polar surface area (TPSA) is 61.6 Å². The number of hydrogen-bond acceptors (Lipinski definition) is 5. The lowest BCUT2D eigenvalue weighted by atomic mass is 9.70. The molecule has 1 atom stereocenters. The molecule has 6 heteroatoms. The van der Waals surface area contributed by atoms with Gasteiger partial charge in [0.25, 0.3) is 0 Å². The number of rotatable bonds is 2. The van der Waals surface area contributed by atoms with Crippen LogP contribution in [0.25, 0.3) is 0 Å². The molecule has 31 heavy (non-hydrogen) atoms. The Labute approximate surface area is 189 Å². The molecule has 1 saturated heterocycles. The normalized spacial score (nSPS) is 25.0. The zero-order valence-electron chi connectivity index (χ0n) is 18.8. The summed E-state index contributed by atoms with van der Waals surface area (Å²) in [7, 11) is 0. The summed E-state index contributed by atoms with van der Waals surface area (Å²) in [6.45, 7) is 12.8. The lowest BCUT2D eigenvalue weighted by molar-refractivity contribution is 0.102. The van der Waals surface area contributed by atoms with Crippen LogP contribution in [-0.4, -0.2) is 48.9 Å². The number of allylic oxidation sites excluding steroid dienone is 3. The fourth-order valence-corrected chi connectivity index (χ4v) is 5.78. The van der Waals surface area contributed by atoms with Gasteiger partial charge in [-0.3, -0.25) is 9.69 Å². The predicted molar refractivity (Wildman–Crippen MR) is 127 cm³/mol. The van der Waals surface area contributed by atoms with Crippen LogP contribution in [0.2, 0.25) is 5.02 Å². The summed E-state index contributed by atoms with van der Waals surface area (Å²) in [6.07, 6.45) is 4.65. The van der Waals surface area contributed by atoms with E-state index >= 15 is 0 Å². The first kappa shape index (κ1) is 20.7. The lowest BCUT2D eigenvalue weighted by Crippen LogP contribution is -2.49. The van der Waals surface area contributed by atoms with Crippen LogP contribution in [0, 0.1) is 0 Å². The van der Waals surface area contributed by atoms with Gasteiger partial charge in [0.1, 0.15) is 0 Å². The molecule has 164 valence electrons. The van der Waals surface area contributed by atoms with Crippen molar-refractivity contribution < 1.29 is 4.79 Å². The van der Waals surface area contributed by atoms with Crippen molar-refractivity contribution in [2.75, 3.05) is 31.1 Å². The molecule has 3 N–H and O–H groups in total. The molecule has 0 radical (unpaired) electrons. The Kier molecular flexibility index (Phi) is 4.76. The van der Waals surface area contributed by atoms with E-state index in [1.165, 1.54) is 0 Å². The third-order valence-electron chi connectivity index (χ3n) is 7.39. The summed E-state index contributed by atoms with van der Waals surface area (Å²) < 4.78 is 0. The van der Waals surface area contributed by atoms with E-state index in [0.29, 0.717) is 11.1 Å². The van der Waals surface area contributed by atoms with Gasteiger partial charge in [0, 0.05) is 66.6 Å². The van der Waals surface area contributed by atoms with Gasteiger partial charge < -0.3 is 16.0 Å². The van der Waals surface area contributed by atoms with Gasteiger partial charge in [-0.25, -0.2) is 0 Å². The van der Waals surface area contributed by atoms with Gasteiger partial charge in [0.2, 0.25) is 0 Å². The molecule has 0 aromatic heterocycles. The molecule has 2 heterocycles. The number of Topliss-reactive ketones (excluding diaryl/α,β-unsaturated/α-hetero) is 1. The van der Waals surface area contributed by atoms with Gasteiger partial charge in [-0.05, 0) is 43.2 Å². The number of carbonyl (C=O) groups excluding carboxylic acids is 1. The summed E-state index contributed by atoms with van der Waals surface area (Å²) in [4.78, 5) is 18.5. The standard InChI is InChI=1S/C25H31ClN4O/c1-14(2)29-7-9-30(10-8-29)21-13-18-17(12-19(21)26)23(31)22-16-6-5-15(27)11-20(16)28-24(22)25(18,3)4/h5-6,12-14,20,28H,7-11,27H2,1-4H3. The molecule has 2 aliphatic heterocycles. The van der Waals surface area contributed by atoms with Gasteiger partial charge in [-0.1, -0.05) is 31.5 Å². The molecule has 1 aromatic rings. The van der Waals surface area contributed by atoms with Crippen molar-refractivity contribution in [1.82, 2.24) is 10.2 Å². The highest BCUT2D eigenvalue weighted by Crippen LogP contribution is 2.49. The van der Waals surface area contributed by atoms with E-state index in [0.717, 1.165) is 72.0 Å². The SMILES string of the molecule is CC(C)N1CCN(c2cc3c(cc2Cl)C(=O)C2=C(NC4CC(N)=CC=C24)C3(C)C)CC1. The predicted octanol–water partition coefficient (Wildman–Crippen LogP) is 3.74. The first-order valence-corrected chi connectivity index (χ1v) is 11.6. The van der Waals surface area contributed by atoms with Crippen LogP contribution < -0.4 is 16.0 Å². The molecule has 2 aliphatic carbocycles. The quantitative estimate of drug-likeness (QED) is 0.736. The van der Waals surface area contributed by atoms with Crippen molar-refractivity contribution in [3.05, 3.63) is 63.0 Å². The van der Waals surface area contributed by atoms with Crippen molar-refractivity contribution in [2.24, 2.45) is 5.73 Å². The summed E-state index contributed by atoms with van der Waals surface area (Å²) in [5.74, 6) is 0.0672. The molecule has 5 nitrogen and oxygen atoms in total. The Bertz CT molecular complexity index is 1060. The molecular formula is C25H31ClN4O. The highest BCUT2D eigenvalue weighted by molar-refractivity contribution is 6.34. The van der Waals surface area contributed by atoms with E-state index in [1.54, 1.807) is 0 Å². The second kappa shape index (κ2) is 7.14. The number of hydrogen-bond donors (Lipinski definition) is 2. The number of anilines is 1. The van der Waals surface area contributed by atoms with Crippen molar-refractivity contribution in [3.8, 4) is 0 Å². The highest BCUT2D eigenvalue weighted by Gasteiger charge is 2.46. The molecule has 0 saturated carbocycles. The molecule has 0 amide bonds. The van der Waals surface area contributed by atoms with E-state index < -0.39 is 0 Å². The minimum absolute atomic E-state index is 0.0672. The number of halogens is 1. The number of nitrogens with one attached hydrogen (secondary N) is 1. The molecule has 1 unspecified atom stereocenters. The summed E-state index contributed by atoms with van der Waals surface area (Å²) in [5.41, 5.74) is 12.3. The number of nitrogens with zero attached hydrogens (tertiary/aromatic N) is 2. The van der Waals surface area contributed by atoms with E-state index in [1.807, 2.05) is 18.2 Å². The number of piperazine rings is 1. The van der Waals surface area contributed by atoms with Gasteiger partial charge in [-0.15, -0.1) is 0 Å². The van der Waals surface area contributed by atoms with Crippen LogP contribution in [0.4, 0.5) is 5.69 Å². The average molecular weight is 439 g/mol. The molecule has 4 aliphatic rings. The first-order chi connectivity index (χ1) is 14.7. The second-order valence-electron chi connectivity index (χ2n) is 9.93. The van der Waals surface area contributed by atoms with Crippen molar-refractivity contribution in [3.63, 3.8) is 0 Å². The monoisotopic (exact) mass is 438 g/mol. The van der Waals surface area contributed by atoms with Crippen LogP contribution >= 0.6 is 11.6 Å². The first-order valence-electron chi connectivity index (χ1n) is 11.2. The zero-order chi connectivity index (χ0) is 22.1. The Morgan fingerprint density at radius 3 is 2.55 bits per heavy atom. The Morgan fingerprint density at radius 1 is 1.16 bits per heavy atom. The Morgan fingerprint density at radius 2 is 1.87 bits per heavy atom. The zero-order valence-corrected chi connectivity index (χ0v) is 19.5. The Hall–Kier alpha value is -2.24. The smallest absolute Gasteiger partial charge is 0.195 e. The number of benzene rings is 1. The molecular weight excluding hydrogens is 408 g/mol. The fourth-order valence-electron chi connectivity index (χ4n) is 5.50. The third kappa shape index (κ3) is 3.13. The maximum absolute atomic E-state index is 13.6. The van der Waals surface area contributed by atoms with Gasteiger partial charge in [0.15, 0.2) is 5.78 Å². The molecule has 0 bridgehead atoms. The minimum Gasteiger partial charge on any atom is -0.402 e. The van der Waals surface area contributed by atoms with Gasteiger partial charge in [0.05, 0.1) is 16.8 Å². The third-order valence-corrected chi connectivity index (χ3v) is 7.69. The molecule has 1 aromatic carbocycles. The summed E-state index contributed by atoms with van der Waals surface area (Å²) in [5, 5.41) is 4.30. The van der Waals surface area contributed by atoms with E-state index in [4.69, 9.17) is 17.3 Å². The fraction of sp³-hybridized carbons (Fsp3) is 0.480. The maximum Gasteiger partial charge on any atom is 0.195 e. The van der Waals surface area contributed by atoms with Crippen molar-refractivity contribution in [1.29, 1.82) is 0 Å². The number of carbonyl (C=O) groups is 1. The largest absolute Gasteiger partial charge is 0.402 e. The lowest BCUT2D eigenvalue weighted by Gasteiger charge is -2.40. The number of ketones is 1. The summed E-state index contributed by atoms with van der Waals surface area (Å²) >= 11 is 6.77. The highest BCUT2D eigenvalue weighted by atomic mass is 35.5. The number of fused-ring (bicyclic) bond motifs is 3. The summed E-state index contributed by atoms with van der Waals surface area (Å²) in [6, 6.07) is 4.69. The number of nitrogens with two attached hydrogens (primary N) is 1. The van der Waals surface area contributed by atoms with Crippen LogP contribution in [-0.2, 0) is 5.41 Å². The molecule has 1 fully saturated rings. The van der Waals surface area contributed by atoms with E-state index in [2.05, 4.69) is 48.9 Å². The molecule has 5 rings (SSSR count). The maximum atomic E-state index is 13.6. The van der Waals surface area contributed by atoms with Gasteiger partial charge in [-0.2, -0.15) is 0 Å². The van der Waals surface area contributed by atoms with Gasteiger partial charge >= 0.3 is 0 Å². The average Bonchev–Trinajstić information content (AvgIpc) is 3.12. The van der Waals surface area contributed by atoms with E-state index in [-0.39, 0.29) is 17.2 Å². The van der Waals surface area contributed by atoms with Crippen molar-refractivity contribution >= 4 is 23.1 Å². The van der Waals surface area contributed by atoms with Crippen LogP contribution in [0.3, 0.4) is 0 Å². The second-order valence-corrected chi connectivity index (χ2v) is 10.3. The minimum atomic E-state index is -0.315.